The van der Waals surface area contributed by atoms with Gasteiger partial charge in [0.2, 0.25) is 5.82 Å². The van der Waals surface area contributed by atoms with Crippen LogP contribution in [0, 0.1) is 0 Å². The van der Waals surface area contributed by atoms with Gasteiger partial charge in [0.1, 0.15) is 0 Å². The van der Waals surface area contributed by atoms with Crippen molar-refractivity contribution in [3.8, 4) is 0 Å². The van der Waals surface area contributed by atoms with Crippen LogP contribution in [0.15, 0.2) is 6.20 Å². The quantitative estimate of drug-likeness (QED) is 0.608. The lowest BCUT2D eigenvalue weighted by Crippen LogP contribution is -2.09. The molecule has 0 radical (unpaired) electrons. The van der Waals surface area contributed by atoms with E-state index < -0.39 is 5.97 Å². The van der Waals surface area contributed by atoms with Crippen molar-refractivity contribution in [1.29, 1.82) is 0 Å². The van der Waals surface area contributed by atoms with Crippen molar-refractivity contribution in [1.82, 2.24) is 15.3 Å². The van der Waals surface area contributed by atoms with Gasteiger partial charge in [0.05, 0.1) is 12.8 Å². The van der Waals surface area contributed by atoms with E-state index in [1.54, 1.807) is 6.20 Å². The molecule has 0 saturated carbocycles. The van der Waals surface area contributed by atoms with Gasteiger partial charge in [-0.3, -0.25) is 0 Å². The minimum absolute atomic E-state index is 0.130. The third kappa shape index (κ3) is 1.38. The number of fused-ring (bicyclic) bond motifs is 1. The SMILES string of the molecule is COC(=O)c1ncc2c(n1)CNC2. The number of nitrogens with zero attached hydrogens (tertiary/aromatic N) is 2. The third-order valence-electron chi connectivity index (χ3n) is 1.93. The normalized spacial score (nSPS) is 13.9. The van der Waals surface area contributed by atoms with E-state index >= 15 is 0 Å². The maximum atomic E-state index is 11.0. The fraction of sp³-hybridized carbons (Fsp3) is 0.375. The minimum Gasteiger partial charge on any atom is -0.463 e. The molecular weight excluding hydrogens is 170 g/mol. The van der Waals surface area contributed by atoms with E-state index in [1.165, 1.54) is 7.11 Å². The average Bonchev–Trinajstić information content (AvgIpc) is 2.63. The first-order valence-corrected chi connectivity index (χ1v) is 3.95. The second-order valence-corrected chi connectivity index (χ2v) is 2.76. The van der Waals surface area contributed by atoms with Gasteiger partial charge in [0.25, 0.3) is 0 Å². The van der Waals surface area contributed by atoms with Gasteiger partial charge in [-0.1, -0.05) is 0 Å². The van der Waals surface area contributed by atoms with Crippen LogP contribution < -0.4 is 5.32 Å². The molecule has 2 heterocycles. The number of methoxy groups -OCH3 is 1. The Labute approximate surface area is 75.1 Å². The first-order chi connectivity index (χ1) is 6.31. The zero-order valence-electron chi connectivity index (χ0n) is 7.20. The van der Waals surface area contributed by atoms with Crippen LogP contribution in [0.1, 0.15) is 21.9 Å². The summed E-state index contributed by atoms with van der Waals surface area (Å²) in [5, 5.41) is 3.12. The lowest BCUT2D eigenvalue weighted by Gasteiger charge is -1.99. The summed E-state index contributed by atoms with van der Waals surface area (Å²) in [6, 6.07) is 0. The molecule has 0 saturated heterocycles. The second kappa shape index (κ2) is 3.10. The zero-order chi connectivity index (χ0) is 9.26. The molecule has 0 fully saturated rings. The van der Waals surface area contributed by atoms with Gasteiger partial charge < -0.3 is 10.1 Å². The summed E-state index contributed by atoms with van der Waals surface area (Å²) in [6.07, 6.45) is 1.66. The highest BCUT2D eigenvalue weighted by molar-refractivity contribution is 5.84. The van der Waals surface area contributed by atoms with Gasteiger partial charge in [0, 0.05) is 24.8 Å². The van der Waals surface area contributed by atoms with Crippen molar-refractivity contribution in [2.24, 2.45) is 0 Å². The Kier molecular flexibility index (Phi) is 1.94. The Morgan fingerprint density at radius 3 is 3.23 bits per heavy atom. The Morgan fingerprint density at radius 1 is 1.62 bits per heavy atom. The van der Waals surface area contributed by atoms with E-state index in [0.717, 1.165) is 17.8 Å². The molecule has 1 aliphatic rings. The van der Waals surface area contributed by atoms with Crippen molar-refractivity contribution in [3.05, 3.63) is 23.3 Å². The molecule has 0 bridgehead atoms. The molecule has 1 aliphatic heterocycles. The second-order valence-electron chi connectivity index (χ2n) is 2.76. The van der Waals surface area contributed by atoms with E-state index in [-0.39, 0.29) is 5.82 Å². The van der Waals surface area contributed by atoms with Crippen molar-refractivity contribution in [3.63, 3.8) is 0 Å². The average molecular weight is 179 g/mol. The highest BCUT2D eigenvalue weighted by Crippen LogP contribution is 2.11. The monoisotopic (exact) mass is 179 g/mol. The molecule has 68 valence electrons. The number of hydrogen-bond donors (Lipinski definition) is 1. The van der Waals surface area contributed by atoms with Crippen LogP contribution >= 0.6 is 0 Å². The number of aromatic nitrogens is 2. The van der Waals surface area contributed by atoms with Crippen LogP contribution in [0.2, 0.25) is 0 Å². The predicted molar refractivity (Wildman–Crippen MR) is 43.9 cm³/mol. The van der Waals surface area contributed by atoms with Crippen LogP contribution in [0.25, 0.3) is 0 Å². The summed E-state index contributed by atoms with van der Waals surface area (Å²) in [5.41, 5.74) is 1.93. The van der Waals surface area contributed by atoms with Crippen LogP contribution in [-0.2, 0) is 17.8 Å². The standard InChI is InChI=1S/C8H9N3O2/c1-13-8(12)7-10-3-5-2-9-4-6(5)11-7/h3,9H,2,4H2,1H3. The maximum absolute atomic E-state index is 11.0. The largest absolute Gasteiger partial charge is 0.463 e. The van der Waals surface area contributed by atoms with Crippen LogP contribution in [0.5, 0.6) is 0 Å². The van der Waals surface area contributed by atoms with E-state index in [2.05, 4.69) is 20.0 Å². The van der Waals surface area contributed by atoms with E-state index in [9.17, 15) is 4.79 Å². The van der Waals surface area contributed by atoms with Gasteiger partial charge in [-0.05, 0) is 0 Å². The Morgan fingerprint density at radius 2 is 2.46 bits per heavy atom. The molecule has 5 nitrogen and oxygen atoms in total. The highest BCUT2D eigenvalue weighted by Gasteiger charge is 2.16. The fourth-order valence-corrected chi connectivity index (χ4v) is 1.25. The van der Waals surface area contributed by atoms with Crippen LogP contribution in [-0.4, -0.2) is 23.0 Å². The molecule has 2 rings (SSSR count). The summed E-state index contributed by atoms with van der Waals surface area (Å²) < 4.78 is 4.51. The molecule has 0 spiro atoms. The molecule has 13 heavy (non-hydrogen) atoms. The van der Waals surface area contributed by atoms with Gasteiger partial charge in [-0.15, -0.1) is 0 Å². The van der Waals surface area contributed by atoms with Crippen molar-refractivity contribution in [2.45, 2.75) is 13.1 Å². The predicted octanol–water partition coefficient (Wildman–Crippen LogP) is -0.134. The van der Waals surface area contributed by atoms with Crippen molar-refractivity contribution < 1.29 is 9.53 Å². The Bertz CT molecular complexity index is 351. The maximum Gasteiger partial charge on any atom is 0.376 e. The topological polar surface area (TPSA) is 64.1 Å². The lowest BCUT2D eigenvalue weighted by atomic mass is 10.3. The smallest absolute Gasteiger partial charge is 0.376 e. The summed E-state index contributed by atoms with van der Waals surface area (Å²) in [5.74, 6) is -0.361. The number of carbonyl (C=O) groups excluding carboxylic acids is 1. The first kappa shape index (κ1) is 8.12. The summed E-state index contributed by atoms with van der Waals surface area (Å²) in [7, 11) is 1.32. The first-order valence-electron chi connectivity index (χ1n) is 3.95. The molecule has 1 aromatic rings. The van der Waals surface area contributed by atoms with Crippen molar-refractivity contribution >= 4 is 5.97 Å². The molecule has 1 aromatic heterocycles. The minimum atomic E-state index is -0.491. The number of nitrogens with one attached hydrogen (secondary N) is 1. The number of ether oxygens (including phenoxy) is 1. The van der Waals surface area contributed by atoms with Gasteiger partial charge in [0.15, 0.2) is 0 Å². The molecule has 0 unspecified atom stereocenters. The summed E-state index contributed by atoms with van der Waals surface area (Å²) in [6.45, 7) is 1.47. The molecular formula is C8H9N3O2. The van der Waals surface area contributed by atoms with Gasteiger partial charge >= 0.3 is 5.97 Å². The number of esters is 1. The molecule has 1 N–H and O–H groups in total. The fourth-order valence-electron chi connectivity index (χ4n) is 1.25. The summed E-state index contributed by atoms with van der Waals surface area (Å²) in [4.78, 5) is 19.0. The number of rotatable bonds is 1. The van der Waals surface area contributed by atoms with E-state index in [1.807, 2.05) is 0 Å². The third-order valence-corrected chi connectivity index (χ3v) is 1.93. The van der Waals surface area contributed by atoms with Crippen LogP contribution in [0.4, 0.5) is 0 Å². The number of hydrogen-bond acceptors (Lipinski definition) is 5. The van der Waals surface area contributed by atoms with Crippen molar-refractivity contribution in [2.75, 3.05) is 7.11 Å². The number of carbonyl (C=O) groups is 1. The molecule has 0 aliphatic carbocycles. The molecule has 0 atom stereocenters. The highest BCUT2D eigenvalue weighted by atomic mass is 16.5. The lowest BCUT2D eigenvalue weighted by molar-refractivity contribution is 0.0586. The van der Waals surface area contributed by atoms with Crippen LogP contribution in [0.3, 0.4) is 0 Å². The zero-order valence-corrected chi connectivity index (χ0v) is 7.20. The Balaban J connectivity index is 2.36. The van der Waals surface area contributed by atoms with Gasteiger partial charge in [-0.25, -0.2) is 14.8 Å². The molecule has 0 amide bonds. The van der Waals surface area contributed by atoms with Gasteiger partial charge in [-0.2, -0.15) is 0 Å². The molecule has 5 heteroatoms. The molecule has 0 aromatic carbocycles. The summed E-state index contributed by atoms with van der Waals surface area (Å²) >= 11 is 0. The Hall–Kier alpha value is -1.49. The van der Waals surface area contributed by atoms with E-state index in [0.29, 0.717) is 6.54 Å². The van der Waals surface area contributed by atoms with E-state index in [4.69, 9.17) is 0 Å².